The summed E-state index contributed by atoms with van der Waals surface area (Å²) in [7, 11) is 0. The van der Waals surface area contributed by atoms with E-state index in [1.165, 1.54) is 24.5 Å². The van der Waals surface area contributed by atoms with Crippen LogP contribution >= 0.6 is 15.9 Å². The smallest absolute Gasteiger partial charge is 0.406 e. The number of hydrogen-bond acceptors (Lipinski definition) is 2. The van der Waals surface area contributed by atoms with Gasteiger partial charge in [-0.25, -0.2) is 4.39 Å². The van der Waals surface area contributed by atoms with Crippen LogP contribution in [0.4, 0.5) is 17.6 Å². The lowest BCUT2D eigenvalue weighted by atomic mass is 10.2. The van der Waals surface area contributed by atoms with Crippen molar-refractivity contribution in [3.63, 3.8) is 0 Å². The van der Waals surface area contributed by atoms with Gasteiger partial charge < -0.3 is 9.32 Å². The van der Waals surface area contributed by atoms with Crippen molar-refractivity contribution in [3.05, 3.63) is 58.2 Å². The highest BCUT2D eigenvalue weighted by molar-refractivity contribution is 9.10. The highest BCUT2D eigenvalue weighted by Crippen LogP contribution is 2.22. The lowest BCUT2D eigenvalue weighted by Gasteiger charge is -2.23. The summed E-state index contributed by atoms with van der Waals surface area (Å²) in [5.41, 5.74) is -0.431. The standard InChI is InChI=1S/C14H10BrF4NO2/c15-9-3-4-11(12(16)6-9)13(21)20(8-14(17,18)19)7-10-2-1-5-22-10/h1-6H,7-8H2. The zero-order valence-corrected chi connectivity index (χ0v) is 12.6. The van der Waals surface area contributed by atoms with Crippen LogP contribution in [-0.2, 0) is 6.54 Å². The van der Waals surface area contributed by atoms with Gasteiger partial charge in [-0.2, -0.15) is 13.2 Å². The first-order valence-electron chi connectivity index (χ1n) is 6.10. The Morgan fingerprint density at radius 1 is 1.27 bits per heavy atom. The number of hydrogen-bond donors (Lipinski definition) is 0. The van der Waals surface area contributed by atoms with Gasteiger partial charge in [0.1, 0.15) is 18.1 Å². The fourth-order valence-corrected chi connectivity index (χ4v) is 2.17. The third kappa shape index (κ3) is 4.33. The second-order valence-electron chi connectivity index (χ2n) is 4.48. The largest absolute Gasteiger partial charge is 0.467 e. The molecule has 0 bridgehead atoms. The van der Waals surface area contributed by atoms with E-state index in [2.05, 4.69) is 15.9 Å². The van der Waals surface area contributed by atoms with E-state index in [1.54, 1.807) is 0 Å². The first-order chi connectivity index (χ1) is 10.3. The van der Waals surface area contributed by atoms with Gasteiger partial charge in [-0.15, -0.1) is 0 Å². The van der Waals surface area contributed by atoms with Gasteiger partial charge in [0.05, 0.1) is 18.4 Å². The van der Waals surface area contributed by atoms with Gasteiger partial charge in [0.2, 0.25) is 0 Å². The predicted octanol–water partition coefficient (Wildman–Crippen LogP) is 4.39. The third-order valence-electron chi connectivity index (χ3n) is 2.75. The zero-order chi connectivity index (χ0) is 16.3. The zero-order valence-electron chi connectivity index (χ0n) is 11.0. The molecule has 1 heterocycles. The fraction of sp³-hybridized carbons (Fsp3) is 0.214. The average Bonchev–Trinajstić information content (AvgIpc) is 2.88. The molecule has 3 nitrogen and oxygen atoms in total. The maximum absolute atomic E-state index is 13.8. The molecule has 0 atom stereocenters. The van der Waals surface area contributed by atoms with E-state index < -0.39 is 36.6 Å². The normalized spacial score (nSPS) is 11.5. The van der Waals surface area contributed by atoms with Crippen molar-refractivity contribution in [1.29, 1.82) is 0 Å². The van der Waals surface area contributed by atoms with Crippen LogP contribution in [0, 0.1) is 5.82 Å². The van der Waals surface area contributed by atoms with E-state index in [-0.39, 0.29) is 5.76 Å². The van der Waals surface area contributed by atoms with Crippen LogP contribution in [-0.4, -0.2) is 23.5 Å². The van der Waals surface area contributed by atoms with Gasteiger partial charge in [0, 0.05) is 4.47 Å². The molecule has 0 aliphatic carbocycles. The second kappa shape index (κ2) is 6.51. The molecule has 0 saturated carbocycles. The topological polar surface area (TPSA) is 33.5 Å². The van der Waals surface area contributed by atoms with Crippen LogP contribution in [0.3, 0.4) is 0 Å². The molecule has 22 heavy (non-hydrogen) atoms. The highest BCUT2D eigenvalue weighted by Gasteiger charge is 2.34. The Hall–Kier alpha value is -1.83. The fourth-order valence-electron chi connectivity index (χ4n) is 1.84. The maximum atomic E-state index is 13.8. The summed E-state index contributed by atoms with van der Waals surface area (Å²) in [6.07, 6.45) is -3.32. The van der Waals surface area contributed by atoms with Gasteiger partial charge in [0.25, 0.3) is 5.91 Å². The van der Waals surface area contributed by atoms with Crippen LogP contribution < -0.4 is 0 Å². The van der Waals surface area contributed by atoms with Gasteiger partial charge >= 0.3 is 6.18 Å². The minimum Gasteiger partial charge on any atom is -0.467 e. The molecule has 2 aromatic rings. The van der Waals surface area contributed by atoms with E-state index in [0.717, 1.165) is 12.1 Å². The Balaban J connectivity index is 2.28. The van der Waals surface area contributed by atoms with Crippen LogP contribution in [0.15, 0.2) is 45.5 Å². The van der Waals surface area contributed by atoms with E-state index in [9.17, 15) is 22.4 Å². The quantitative estimate of drug-likeness (QED) is 0.738. The summed E-state index contributed by atoms with van der Waals surface area (Å²) in [4.78, 5) is 12.7. The monoisotopic (exact) mass is 379 g/mol. The van der Waals surface area contributed by atoms with Crippen LogP contribution in [0.1, 0.15) is 16.1 Å². The Bertz CT molecular complexity index is 655. The average molecular weight is 380 g/mol. The van der Waals surface area contributed by atoms with E-state index in [4.69, 9.17) is 4.42 Å². The molecular weight excluding hydrogens is 370 g/mol. The molecule has 0 aliphatic heterocycles. The van der Waals surface area contributed by atoms with Gasteiger partial charge in [-0.3, -0.25) is 4.79 Å². The van der Waals surface area contributed by atoms with Crippen LogP contribution in [0.2, 0.25) is 0 Å². The number of nitrogens with zero attached hydrogens (tertiary/aromatic N) is 1. The lowest BCUT2D eigenvalue weighted by Crippen LogP contribution is -2.38. The number of carbonyl (C=O) groups excluding carboxylic acids is 1. The van der Waals surface area contributed by atoms with Crippen molar-refractivity contribution in [2.24, 2.45) is 0 Å². The molecule has 2 rings (SSSR count). The van der Waals surface area contributed by atoms with Crippen LogP contribution in [0.5, 0.6) is 0 Å². The van der Waals surface area contributed by atoms with Gasteiger partial charge in [-0.05, 0) is 30.3 Å². The lowest BCUT2D eigenvalue weighted by molar-refractivity contribution is -0.142. The van der Waals surface area contributed by atoms with Crippen molar-refractivity contribution in [1.82, 2.24) is 4.90 Å². The first kappa shape index (κ1) is 16.5. The predicted molar refractivity (Wildman–Crippen MR) is 73.6 cm³/mol. The molecule has 118 valence electrons. The summed E-state index contributed by atoms with van der Waals surface area (Å²) in [5, 5.41) is 0. The molecule has 0 radical (unpaired) electrons. The Morgan fingerprint density at radius 2 is 2.00 bits per heavy atom. The van der Waals surface area contributed by atoms with Crippen LogP contribution in [0.25, 0.3) is 0 Å². The second-order valence-corrected chi connectivity index (χ2v) is 5.40. The third-order valence-corrected chi connectivity index (χ3v) is 3.24. The summed E-state index contributed by atoms with van der Waals surface area (Å²) < 4.78 is 57.1. The van der Waals surface area contributed by atoms with E-state index in [1.807, 2.05) is 0 Å². The van der Waals surface area contributed by atoms with Gasteiger partial charge in [-0.1, -0.05) is 15.9 Å². The molecule has 1 aromatic carbocycles. The Morgan fingerprint density at radius 3 is 2.55 bits per heavy atom. The minimum atomic E-state index is -4.60. The molecule has 0 N–H and O–H groups in total. The number of benzene rings is 1. The number of amides is 1. The summed E-state index contributed by atoms with van der Waals surface area (Å²) in [6, 6.07) is 6.47. The SMILES string of the molecule is O=C(c1ccc(Br)cc1F)N(Cc1ccco1)CC(F)(F)F. The van der Waals surface area contributed by atoms with Gasteiger partial charge in [0.15, 0.2) is 0 Å². The maximum Gasteiger partial charge on any atom is 0.406 e. The first-order valence-corrected chi connectivity index (χ1v) is 6.89. The number of rotatable bonds is 4. The Kier molecular flexibility index (Phi) is 4.90. The number of alkyl halides is 3. The number of halogens is 5. The highest BCUT2D eigenvalue weighted by atomic mass is 79.9. The Labute approximate surface area is 131 Å². The number of carbonyl (C=O) groups is 1. The van der Waals surface area contributed by atoms with Crippen molar-refractivity contribution in [2.45, 2.75) is 12.7 Å². The molecule has 1 aromatic heterocycles. The van der Waals surface area contributed by atoms with E-state index >= 15 is 0 Å². The van der Waals surface area contributed by atoms with Crippen molar-refractivity contribution in [2.75, 3.05) is 6.54 Å². The summed E-state index contributed by atoms with van der Waals surface area (Å²) in [5.74, 6) is -1.78. The summed E-state index contributed by atoms with van der Waals surface area (Å²) in [6.45, 7) is -1.90. The van der Waals surface area contributed by atoms with Crippen molar-refractivity contribution >= 4 is 21.8 Å². The molecule has 0 aliphatic rings. The molecule has 0 spiro atoms. The molecular formula is C14H10BrF4NO2. The van der Waals surface area contributed by atoms with Crippen molar-refractivity contribution in [3.8, 4) is 0 Å². The molecule has 0 saturated heterocycles. The molecule has 0 fully saturated rings. The number of furan rings is 1. The molecule has 1 amide bonds. The summed E-state index contributed by atoms with van der Waals surface area (Å²) >= 11 is 3.02. The van der Waals surface area contributed by atoms with E-state index in [0.29, 0.717) is 9.37 Å². The molecule has 0 unspecified atom stereocenters. The van der Waals surface area contributed by atoms with Crippen molar-refractivity contribution < 1.29 is 26.8 Å². The minimum absolute atomic E-state index is 0.176. The molecule has 8 heteroatoms.